The third kappa shape index (κ3) is 2.65. The molecule has 0 radical (unpaired) electrons. The van der Waals surface area contributed by atoms with Crippen LogP contribution < -0.4 is 5.32 Å². The number of hydrogen-bond donors (Lipinski definition) is 2. The Morgan fingerprint density at radius 3 is 2.95 bits per heavy atom. The number of para-hydroxylation sites is 2. The quantitative estimate of drug-likeness (QED) is 0.868. The normalized spacial score (nSPS) is 24.3. The number of imidazole rings is 1. The molecule has 1 aromatic heterocycles. The molecule has 1 saturated carbocycles. The predicted octanol–water partition coefficient (Wildman–Crippen LogP) is 2.78. The van der Waals surface area contributed by atoms with Crippen LogP contribution in [0.1, 0.15) is 38.6 Å². The topological polar surface area (TPSA) is 49.9 Å². The Hall–Kier alpha value is -1.39. The van der Waals surface area contributed by atoms with Crippen molar-refractivity contribution >= 4 is 11.0 Å². The SMILES string of the molecule is CCOC1CC(NC(C)c2nc3ccccc3[nH]2)C1. The van der Waals surface area contributed by atoms with Gasteiger partial charge >= 0.3 is 0 Å². The van der Waals surface area contributed by atoms with Gasteiger partial charge in [-0.15, -0.1) is 0 Å². The first-order valence-electron chi connectivity index (χ1n) is 7.08. The number of aromatic nitrogens is 2. The zero-order valence-corrected chi connectivity index (χ0v) is 11.5. The van der Waals surface area contributed by atoms with Gasteiger partial charge in [0.1, 0.15) is 5.82 Å². The molecule has 0 amide bonds. The van der Waals surface area contributed by atoms with Crippen LogP contribution in [0.15, 0.2) is 24.3 Å². The number of nitrogens with zero attached hydrogens (tertiary/aromatic N) is 1. The lowest BCUT2D eigenvalue weighted by molar-refractivity contribution is -0.0122. The van der Waals surface area contributed by atoms with Gasteiger partial charge in [-0.1, -0.05) is 12.1 Å². The summed E-state index contributed by atoms with van der Waals surface area (Å²) in [5.41, 5.74) is 2.14. The number of benzene rings is 1. The van der Waals surface area contributed by atoms with Crippen LogP contribution in [-0.4, -0.2) is 28.7 Å². The molecule has 1 unspecified atom stereocenters. The van der Waals surface area contributed by atoms with E-state index < -0.39 is 0 Å². The fourth-order valence-corrected chi connectivity index (χ4v) is 2.68. The minimum absolute atomic E-state index is 0.250. The summed E-state index contributed by atoms with van der Waals surface area (Å²) in [6.45, 7) is 5.03. The molecule has 2 N–H and O–H groups in total. The highest BCUT2D eigenvalue weighted by atomic mass is 16.5. The van der Waals surface area contributed by atoms with E-state index in [-0.39, 0.29) is 6.04 Å². The van der Waals surface area contributed by atoms with E-state index in [4.69, 9.17) is 4.74 Å². The van der Waals surface area contributed by atoms with E-state index in [0.29, 0.717) is 12.1 Å². The summed E-state index contributed by atoms with van der Waals surface area (Å²) in [6.07, 6.45) is 2.67. The van der Waals surface area contributed by atoms with Gasteiger partial charge in [0.15, 0.2) is 0 Å². The fraction of sp³-hybridized carbons (Fsp3) is 0.533. The van der Waals surface area contributed by atoms with Crippen molar-refractivity contribution < 1.29 is 4.74 Å². The summed E-state index contributed by atoms with van der Waals surface area (Å²) in [5.74, 6) is 1.01. The molecule has 3 rings (SSSR count). The largest absolute Gasteiger partial charge is 0.378 e. The molecule has 1 atom stereocenters. The first-order valence-corrected chi connectivity index (χ1v) is 7.08. The molecule has 4 nitrogen and oxygen atoms in total. The van der Waals surface area contributed by atoms with E-state index in [1.54, 1.807) is 0 Å². The Bertz CT molecular complexity index is 512. The molecular weight excluding hydrogens is 238 g/mol. The lowest BCUT2D eigenvalue weighted by Gasteiger charge is -2.37. The second-order valence-corrected chi connectivity index (χ2v) is 5.27. The van der Waals surface area contributed by atoms with E-state index in [0.717, 1.165) is 36.3 Å². The standard InChI is InChI=1S/C15H21N3O/c1-3-19-12-8-11(9-12)16-10(2)15-17-13-6-4-5-7-14(13)18-15/h4-7,10-12,16H,3,8-9H2,1-2H3,(H,17,18). The molecule has 19 heavy (non-hydrogen) atoms. The summed E-state index contributed by atoms with van der Waals surface area (Å²) in [7, 11) is 0. The van der Waals surface area contributed by atoms with Gasteiger partial charge in [0.2, 0.25) is 0 Å². The summed E-state index contributed by atoms with van der Waals surface area (Å²) in [4.78, 5) is 8.01. The first kappa shape index (κ1) is 12.6. The number of hydrogen-bond acceptors (Lipinski definition) is 3. The van der Waals surface area contributed by atoms with E-state index >= 15 is 0 Å². The van der Waals surface area contributed by atoms with Crippen LogP contribution in [0.25, 0.3) is 11.0 Å². The van der Waals surface area contributed by atoms with E-state index in [1.807, 2.05) is 18.2 Å². The van der Waals surface area contributed by atoms with Crippen molar-refractivity contribution in [1.82, 2.24) is 15.3 Å². The third-order valence-electron chi connectivity index (χ3n) is 3.80. The number of aromatic amines is 1. The lowest BCUT2D eigenvalue weighted by Crippen LogP contribution is -2.46. The smallest absolute Gasteiger partial charge is 0.124 e. The molecule has 2 aromatic rings. The molecule has 102 valence electrons. The number of fused-ring (bicyclic) bond motifs is 1. The number of H-pyrrole nitrogens is 1. The average molecular weight is 259 g/mol. The zero-order valence-electron chi connectivity index (χ0n) is 11.5. The van der Waals surface area contributed by atoms with Crippen molar-refractivity contribution in [1.29, 1.82) is 0 Å². The molecule has 0 aliphatic heterocycles. The van der Waals surface area contributed by atoms with Crippen molar-refractivity contribution in [3.05, 3.63) is 30.1 Å². The van der Waals surface area contributed by atoms with Gasteiger partial charge in [0, 0.05) is 12.6 Å². The van der Waals surface area contributed by atoms with Crippen LogP contribution in [0.4, 0.5) is 0 Å². The Labute approximate surface area is 113 Å². The highest BCUT2D eigenvalue weighted by molar-refractivity contribution is 5.74. The maximum absolute atomic E-state index is 5.58. The van der Waals surface area contributed by atoms with E-state index in [9.17, 15) is 0 Å². The zero-order chi connectivity index (χ0) is 13.2. The highest BCUT2D eigenvalue weighted by Crippen LogP contribution is 2.26. The molecule has 0 saturated heterocycles. The lowest BCUT2D eigenvalue weighted by atomic mass is 9.88. The molecule has 4 heteroatoms. The molecular formula is C15H21N3O. The van der Waals surface area contributed by atoms with E-state index in [2.05, 4.69) is 35.2 Å². The van der Waals surface area contributed by atoms with Gasteiger partial charge in [-0.25, -0.2) is 4.98 Å². The second-order valence-electron chi connectivity index (χ2n) is 5.27. The predicted molar refractivity (Wildman–Crippen MR) is 76.1 cm³/mol. The summed E-state index contributed by atoms with van der Waals surface area (Å²) >= 11 is 0. The first-order chi connectivity index (χ1) is 9.26. The van der Waals surface area contributed by atoms with Crippen LogP contribution >= 0.6 is 0 Å². The van der Waals surface area contributed by atoms with Gasteiger partial charge in [-0.2, -0.15) is 0 Å². The van der Waals surface area contributed by atoms with E-state index in [1.165, 1.54) is 0 Å². The molecule has 1 aliphatic carbocycles. The number of nitrogens with one attached hydrogen (secondary N) is 2. The molecule has 1 aromatic carbocycles. The summed E-state index contributed by atoms with van der Waals surface area (Å²) in [6, 6.07) is 8.95. The second kappa shape index (κ2) is 5.31. The van der Waals surface area contributed by atoms with Crippen molar-refractivity contribution in [3.63, 3.8) is 0 Å². The summed E-state index contributed by atoms with van der Waals surface area (Å²) < 4.78 is 5.58. The van der Waals surface area contributed by atoms with Gasteiger partial charge in [0.05, 0.1) is 23.2 Å². The maximum Gasteiger partial charge on any atom is 0.124 e. The van der Waals surface area contributed by atoms with Gasteiger partial charge in [-0.05, 0) is 38.8 Å². The molecule has 1 fully saturated rings. The summed E-state index contributed by atoms with van der Waals surface area (Å²) in [5, 5.41) is 3.61. The Morgan fingerprint density at radius 2 is 2.21 bits per heavy atom. The Kier molecular flexibility index (Phi) is 3.53. The Balaban J connectivity index is 1.60. The monoisotopic (exact) mass is 259 g/mol. The molecule has 1 heterocycles. The molecule has 0 bridgehead atoms. The van der Waals surface area contributed by atoms with Crippen molar-refractivity contribution in [2.75, 3.05) is 6.61 Å². The van der Waals surface area contributed by atoms with Crippen LogP contribution in [0.5, 0.6) is 0 Å². The van der Waals surface area contributed by atoms with Crippen LogP contribution in [-0.2, 0) is 4.74 Å². The van der Waals surface area contributed by atoms with Crippen molar-refractivity contribution in [2.45, 2.75) is 44.9 Å². The molecule has 0 spiro atoms. The van der Waals surface area contributed by atoms with Crippen molar-refractivity contribution in [3.8, 4) is 0 Å². The number of ether oxygens (including phenoxy) is 1. The van der Waals surface area contributed by atoms with Crippen LogP contribution in [0.3, 0.4) is 0 Å². The van der Waals surface area contributed by atoms with Crippen LogP contribution in [0.2, 0.25) is 0 Å². The molecule has 1 aliphatic rings. The fourth-order valence-electron chi connectivity index (χ4n) is 2.68. The number of rotatable bonds is 5. The highest BCUT2D eigenvalue weighted by Gasteiger charge is 2.30. The minimum atomic E-state index is 0.250. The van der Waals surface area contributed by atoms with Crippen LogP contribution in [0, 0.1) is 0 Å². The van der Waals surface area contributed by atoms with Gasteiger partial charge in [-0.3, -0.25) is 0 Å². The third-order valence-corrected chi connectivity index (χ3v) is 3.80. The average Bonchev–Trinajstić information content (AvgIpc) is 2.80. The minimum Gasteiger partial charge on any atom is -0.378 e. The van der Waals surface area contributed by atoms with Gasteiger partial charge in [0.25, 0.3) is 0 Å². The Morgan fingerprint density at radius 1 is 1.42 bits per heavy atom. The van der Waals surface area contributed by atoms with Crippen molar-refractivity contribution in [2.24, 2.45) is 0 Å². The maximum atomic E-state index is 5.58. The van der Waals surface area contributed by atoms with Gasteiger partial charge < -0.3 is 15.0 Å².